The lowest BCUT2D eigenvalue weighted by Gasteiger charge is -2.32. The van der Waals surface area contributed by atoms with E-state index in [1.165, 1.54) is 0 Å². The number of carbonyl (C=O) groups excluding carboxylic acids is 1. The van der Waals surface area contributed by atoms with Crippen molar-refractivity contribution < 1.29 is 4.79 Å². The second-order valence-electron chi connectivity index (χ2n) is 4.22. The minimum Gasteiger partial charge on any atom is -0.336 e. The van der Waals surface area contributed by atoms with Gasteiger partial charge in [0.2, 0.25) is 0 Å². The van der Waals surface area contributed by atoms with Crippen LogP contribution in [0, 0.1) is 0 Å². The Morgan fingerprint density at radius 1 is 1.53 bits per heavy atom. The van der Waals surface area contributed by atoms with Crippen molar-refractivity contribution in [3.8, 4) is 0 Å². The largest absolute Gasteiger partial charge is 0.336 e. The first-order chi connectivity index (χ1) is 6.61. The molecule has 0 aromatic rings. The van der Waals surface area contributed by atoms with Gasteiger partial charge in [-0.1, -0.05) is 0 Å². The number of hydrogen-bond acceptors (Lipinski definition) is 2. The van der Waals surface area contributed by atoms with Gasteiger partial charge in [0, 0.05) is 25.7 Å². The fourth-order valence-corrected chi connectivity index (χ4v) is 1.68. The molecule has 1 aliphatic rings. The van der Waals surface area contributed by atoms with Crippen molar-refractivity contribution in [1.82, 2.24) is 15.5 Å². The highest BCUT2D eigenvalue weighted by molar-refractivity contribution is 5.85. The van der Waals surface area contributed by atoms with Crippen LogP contribution in [0.2, 0.25) is 0 Å². The van der Waals surface area contributed by atoms with Gasteiger partial charge < -0.3 is 15.5 Å². The Labute approximate surface area is 98.2 Å². The first-order valence-corrected chi connectivity index (χ1v) is 5.35. The molecule has 1 heterocycles. The Hall–Kier alpha value is -0.480. The van der Waals surface area contributed by atoms with E-state index < -0.39 is 0 Å². The molecule has 0 saturated carbocycles. The molecule has 5 heteroatoms. The van der Waals surface area contributed by atoms with Crippen LogP contribution in [-0.2, 0) is 0 Å². The van der Waals surface area contributed by atoms with Crippen LogP contribution in [0.5, 0.6) is 0 Å². The molecule has 4 nitrogen and oxygen atoms in total. The molecule has 0 aromatic heterocycles. The number of likely N-dealkylation sites (N-methyl/N-ethyl adjacent to an activating group) is 1. The average Bonchev–Trinajstić information content (AvgIpc) is 2.17. The first kappa shape index (κ1) is 14.5. The van der Waals surface area contributed by atoms with Crippen LogP contribution in [0.3, 0.4) is 0 Å². The zero-order valence-corrected chi connectivity index (χ0v) is 10.6. The van der Waals surface area contributed by atoms with Gasteiger partial charge in [0.05, 0.1) is 0 Å². The van der Waals surface area contributed by atoms with Crippen LogP contribution in [0.1, 0.15) is 26.7 Å². The van der Waals surface area contributed by atoms with Crippen LogP contribution in [0.25, 0.3) is 0 Å². The number of halogens is 1. The summed E-state index contributed by atoms with van der Waals surface area (Å²) in [4.78, 5) is 13.5. The standard InChI is InChI=1S/C10H21N3O.ClH/c1-8(2)12-10(14)13(3)9-5-4-6-11-7-9;/h8-9,11H,4-7H2,1-3H3,(H,12,14);1H/t9-;/m1./s1. The summed E-state index contributed by atoms with van der Waals surface area (Å²) in [6.45, 7) is 5.95. The summed E-state index contributed by atoms with van der Waals surface area (Å²) in [5.74, 6) is 0. The summed E-state index contributed by atoms with van der Waals surface area (Å²) in [5, 5.41) is 6.20. The third kappa shape index (κ3) is 4.71. The zero-order chi connectivity index (χ0) is 10.6. The molecule has 0 aromatic carbocycles. The Morgan fingerprint density at radius 3 is 2.67 bits per heavy atom. The minimum absolute atomic E-state index is 0. The Kier molecular flexibility index (Phi) is 6.68. The van der Waals surface area contributed by atoms with Gasteiger partial charge in [0.1, 0.15) is 0 Å². The van der Waals surface area contributed by atoms with Crippen LogP contribution in [0.15, 0.2) is 0 Å². The van der Waals surface area contributed by atoms with Gasteiger partial charge in [-0.3, -0.25) is 0 Å². The van der Waals surface area contributed by atoms with E-state index in [0.717, 1.165) is 25.9 Å². The molecule has 1 rings (SSSR count). The van der Waals surface area contributed by atoms with Crippen molar-refractivity contribution in [3.05, 3.63) is 0 Å². The maximum Gasteiger partial charge on any atom is 0.317 e. The smallest absolute Gasteiger partial charge is 0.317 e. The second kappa shape index (κ2) is 6.90. The van der Waals surface area contributed by atoms with Crippen LogP contribution >= 0.6 is 12.4 Å². The predicted molar refractivity (Wildman–Crippen MR) is 64.6 cm³/mol. The Bertz CT molecular complexity index is 193. The van der Waals surface area contributed by atoms with Gasteiger partial charge in [-0.2, -0.15) is 0 Å². The highest BCUT2D eigenvalue weighted by Crippen LogP contribution is 2.08. The van der Waals surface area contributed by atoms with E-state index in [4.69, 9.17) is 0 Å². The molecule has 90 valence electrons. The zero-order valence-electron chi connectivity index (χ0n) is 9.75. The molecule has 15 heavy (non-hydrogen) atoms. The van der Waals surface area contributed by atoms with E-state index in [-0.39, 0.29) is 24.5 Å². The monoisotopic (exact) mass is 235 g/mol. The quantitative estimate of drug-likeness (QED) is 0.756. The molecule has 0 bridgehead atoms. The van der Waals surface area contributed by atoms with E-state index in [1.54, 1.807) is 0 Å². The number of hydrogen-bond donors (Lipinski definition) is 2. The second-order valence-corrected chi connectivity index (χ2v) is 4.22. The third-order valence-corrected chi connectivity index (χ3v) is 2.55. The topological polar surface area (TPSA) is 44.4 Å². The average molecular weight is 236 g/mol. The normalized spacial score (nSPS) is 20.7. The van der Waals surface area contributed by atoms with Gasteiger partial charge in [-0.15, -0.1) is 12.4 Å². The number of rotatable bonds is 2. The van der Waals surface area contributed by atoms with Gasteiger partial charge in [-0.05, 0) is 33.2 Å². The fraction of sp³-hybridized carbons (Fsp3) is 0.900. The summed E-state index contributed by atoms with van der Waals surface area (Å²) in [6.07, 6.45) is 2.26. The molecular weight excluding hydrogens is 214 g/mol. The lowest BCUT2D eigenvalue weighted by Crippen LogP contribution is -2.51. The van der Waals surface area contributed by atoms with Crippen molar-refractivity contribution in [2.45, 2.75) is 38.8 Å². The Morgan fingerprint density at radius 2 is 2.20 bits per heavy atom. The molecule has 0 radical (unpaired) electrons. The predicted octanol–water partition coefficient (Wildman–Crippen LogP) is 1.21. The number of nitrogens with one attached hydrogen (secondary N) is 2. The summed E-state index contributed by atoms with van der Waals surface area (Å²) in [5.41, 5.74) is 0. The summed E-state index contributed by atoms with van der Waals surface area (Å²) in [6, 6.07) is 0.595. The van der Waals surface area contributed by atoms with Crippen molar-refractivity contribution in [1.29, 1.82) is 0 Å². The SMILES string of the molecule is CC(C)NC(=O)N(C)[C@@H]1CCCNC1.Cl. The van der Waals surface area contributed by atoms with E-state index >= 15 is 0 Å². The van der Waals surface area contributed by atoms with Crippen molar-refractivity contribution in [2.24, 2.45) is 0 Å². The van der Waals surface area contributed by atoms with Gasteiger partial charge in [0.25, 0.3) is 0 Å². The maximum absolute atomic E-state index is 11.6. The molecule has 2 N–H and O–H groups in total. The van der Waals surface area contributed by atoms with Crippen molar-refractivity contribution in [3.63, 3.8) is 0 Å². The summed E-state index contributed by atoms with van der Waals surface area (Å²) >= 11 is 0. The molecule has 0 spiro atoms. The molecule has 2 amide bonds. The number of nitrogens with zero attached hydrogens (tertiary/aromatic N) is 1. The highest BCUT2D eigenvalue weighted by Gasteiger charge is 2.21. The molecule has 1 atom stereocenters. The molecule has 0 aliphatic carbocycles. The number of urea groups is 1. The van der Waals surface area contributed by atoms with E-state index in [0.29, 0.717) is 6.04 Å². The summed E-state index contributed by atoms with van der Waals surface area (Å²) < 4.78 is 0. The van der Waals surface area contributed by atoms with Crippen molar-refractivity contribution >= 4 is 18.4 Å². The van der Waals surface area contributed by atoms with E-state index in [1.807, 2.05) is 25.8 Å². The van der Waals surface area contributed by atoms with Crippen LogP contribution < -0.4 is 10.6 Å². The maximum atomic E-state index is 11.6. The molecule has 1 fully saturated rings. The lowest BCUT2D eigenvalue weighted by atomic mass is 10.1. The highest BCUT2D eigenvalue weighted by atomic mass is 35.5. The fourth-order valence-electron chi connectivity index (χ4n) is 1.68. The molecule has 1 saturated heterocycles. The van der Waals surface area contributed by atoms with E-state index in [9.17, 15) is 4.79 Å². The third-order valence-electron chi connectivity index (χ3n) is 2.55. The van der Waals surface area contributed by atoms with Gasteiger partial charge >= 0.3 is 6.03 Å². The van der Waals surface area contributed by atoms with Crippen LogP contribution in [-0.4, -0.2) is 43.2 Å². The van der Waals surface area contributed by atoms with Crippen LogP contribution in [0.4, 0.5) is 4.79 Å². The number of piperidine rings is 1. The minimum atomic E-state index is 0. The first-order valence-electron chi connectivity index (χ1n) is 5.35. The summed E-state index contributed by atoms with van der Waals surface area (Å²) in [7, 11) is 1.87. The molecular formula is C10H22ClN3O. The molecule has 1 aliphatic heterocycles. The lowest BCUT2D eigenvalue weighted by molar-refractivity contribution is 0.176. The number of amides is 2. The van der Waals surface area contributed by atoms with Gasteiger partial charge in [0.15, 0.2) is 0 Å². The number of carbonyl (C=O) groups is 1. The van der Waals surface area contributed by atoms with E-state index in [2.05, 4.69) is 10.6 Å². The van der Waals surface area contributed by atoms with Crippen molar-refractivity contribution in [2.75, 3.05) is 20.1 Å². The van der Waals surface area contributed by atoms with Gasteiger partial charge in [-0.25, -0.2) is 4.79 Å². The molecule has 0 unspecified atom stereocenters. The Balaban J connectivity index is 0.00000196.